The lowest BCUT2D eigenvalue weighted by molar-refractivity contribution is -0.0724. The molecule has 2 aliphatic heterocycles. The van der Waals surface area contributed by atoms with Crippen LogP contribution < -0.4 is 9.47 Å². The zero-order valence-electron chi connectivity index (χ0n) is 20.0. The molecule has 1 N–H and O–H groups in total. The van der Waals surface area contributed by atoms with Crippen molar-refractivity contribution in [3.8, 4) is 11.5 Å². The van der Waals surface area contributed by atoms with Crippen molar-refractivity contribution in [2.45, 2.75) is 77.2 Å². The average molecular weight is 443 g/mol. The van der Waals surface area contributed by atoms with Gasteiger partial charge in [0.2, 0.25) is 0 Å². The summed E-state index contributed by atoms with van der Waals surface area (Å²) in [6, 6.07) is 4.44. The monoisotopic (exact) mass is 442 g/mol. The third-order valence-corrected chi connectivity index (χ3v) is 7.30. The molecular weight excluding hydrogens is 404 g/mol. The molecule has 3 aliphatic rings. The number of hydrogen-bond acceptors (Lipinski definition) is 5. The molecule has 0 spiro atoms. The number of benzene rings is 1. The number of aliphatic hydroxyl groups is 1. The lowest BCUT2D eigenvalue weighted by atomic mass is 9.75. The van der Waals surface area contributed by atoms with Crippen LogP contribution in [-0.2, 0) is 11.2 Å². The Bertz CT molecular complexity index is 853. The van der Waals surface area contributed by atoms with Crippen LogP contribution >= 0.6 is 0 Å². The molecule has 0 radical (unpaired) electrons. The fraction of sp³-hybridized carbons (Fsp3) is 0.731. The Hall–Kier alpha value is -1.81. The molecule has 1 aromatic carbocycles. The van der Waals surface area contributed by atoms with Crippen molar-refractivity contribution >= 4 is 0 Å². The van der Waals surface area contributed by atoms with Crippen molar-refractivity contribution in [1.82, 2.24) is 4.90 Å². The number of ether oxygens (including phenoxy) is 3. The quantitative estimate of drug-likeness (QED) is 0.494. The highest BCUT2D eigenvalue weighted by atomic mass is 16.6. The first kappa shape index (κ1) is 23.4. The molecular formula is C26H38N2O4. The van der Waals surface area contributed by atoms with Crippen molar-refractivity contribution in [2.75, 3.05) is 33.4 Å². The van der Waals surface area contributed by atoms with Crippen molar-refractivity contribution < 1.29 is 19.3 Å². The fourth-order valence-corrected chi connectivity index (χ4v) is 5.51. The van der Waals surface area contributed by atoms with Gasteiger partial charge in [-0.2, -0.15) is 0 Å². The Kier molecular flexibility index (Phi) is 6.72. The molecule has 3 atom stereocenters. The second kappa shape index (κ2) is 9.21. The van der Waals surface area contributed by atoms with E-state index in [0.29, 0.717) is 19.1 Å². The van der Waals surface area contributed by atoms with E-state index < -0.39 is 5.72 Å². The number of aliphatic hydroxyl groups excluding tert-OH is 1. The van der Waals surface area contributed by atoms with Crippen LogP contribution in [0.3, 0.4) is 0 Å². The van der Waals surface area contributed by atoms with E-state index in [-0.39, 0.29) is 17.6 Å². The zero-order valence-corrected chi connectivity index (χ0v) is 20.0. The number of piperidine rings is 1. The molecule has 0 aromatic heterocycles. The molecule has 4 rings (SSSR count). The normalized spacial score (nSPS) is 26.9. The molecule has 6 heteroatoms. The number of fused-ring (bicyclic) bond motifs is 3. The van der Waals surface area contributed by atoms with E-state index in [1.54, 1.807) is 7.11 Å². The van der Waals surface area contributed by atoms with Crippen LogP contribution in [0.2, 0.25) is 0 Å². The lowest BCUT2D eigenvalue weighted by Crippen LogP contribution is -2.48. The Balaban J connectivity index is 1.43. The largest absolute Gasteiger partial charge is 0.493 e. The minimum Gasteiger partial charge on any atom is -0.493 e. The smallest absolute Gasteiger partial charge is 0.337 e. The summed E-state index contributed by atoms with van der Waals surface area (Å²) in [6.07, 6.45) is 5.20. The second-order valence-corrected chi connectivity index (χ2v) is 10.9. The maximum atomic E-state index is 10.9. The maximum absolute atomic E-state index is 10.9. The predicted molar refractivity (Wildman–Crippen MR) is 124 cm³/mol. The van der Waals surface area contributed by atoms with Gasteiger partial charge in [-0.15, -0.1) is 0 Å². The van der Waals surface area contributed by atoms with Gasteiger partial charge in [0.15, 0.2) is 11.5 Å². The summed E-state index contributed by atoms with van der Waals surface area (Å²) in [4.78, 5) is 6.20. The topological polar surface area (TPSA) is 55.5 Å². The highest BCUT2D eigenvalue weighted by molar-refractivity contribution is 5.49. The first-order valence-corrected chi connectivity index (χ1v) is 12.0. The van der Waals surface area contributed by atoms with Gasteiger partial charge in [-0.25, -0.2) is 6.57 Å². The number of rotatable bonds is 7. The third-order valence-electron chi connectivity index (χ3n) is 7.30. The Morgan fingerprint density at radius 2 is 2.00 bits per heavy atom. The van der Waals surface area contributed by atoms with Crippen molar-refractivity contribution in [3.63, 3.8) is 0 Å². The highest BCUT2D eigenvalue weighted by Gasteiger charge is 2.45. The lowest BCUT2D eigenvalue weighted by Gasteiger charge is -2.47. The van der Waals surface area contributed by atoms with Crippen LogP contribution in [0.1, 0.15) is 70.0 Å². The minimum atomic E-state index is -0.612. The van der Waals surface area contributed by atoms with Crippen LogP contribution in [0.15, 0.2) is 12.1 Å². The summed E-state index contributed by atoms with van der Waals surface area (Å²) >= 11 is 0. The van der Waals surface area contributed by atoms with Gasteiger partial charge in [-0.05, 0) is 60.3 Å². The molecule has 176 valence electrons. The van der Waals surface area contributed by atoms with Gasteiger partial charge in [0.05, 0.1) is 32.7 Å². The number of hydrogen-bond donors (Lipinski definition) is 1. The summed E-state index contributed by atoms with van der Waals surface area (Å²) in [6.45, 7) is 16.9. The van der Waals surface area contributed by atoms with E-state index in [2.05, 4.69) is 42.6 Å². The Morgan fingerprint density at radius 1 is 1.22 bits per heavy atom. The number of methoxy groups -OCH3 is 1. The van der Waals surface area contributed by atoms with Gasteiger partial charge >= 0.3 is 5.72 Å². The van der Waals surface area contributed by atoms with E-state index in [0.717, 1.165) is 63.1 Å². The maximum Gasteiger partial charge on any atom is 0.337 e. The molecule has 2 fully saturated rings. The predicted octanol–water partition coefficient (Wildman–Crippen LogP) is 4.61. The molecule has 6 nitrogen and oxygen atoms in total. The van der Waals surface area contributed by atoms with Gasteiger partial charge in [-0.3, -0.25) is 9.74 Å². The van der Waals surface area contributed by atoms with E-state index in [4.69, 9.17) is 20.8 Å². The van der Waals surface area contributed by atoms with E-state index in [9.17, 15) is 5.11 Å². The summed E-state index contributed by atoms with van der Waals surface area (Å²) in [7, 11) is 1.67. The molecule has 32 heavy (non-hydrogen) atoms. The van der Waals surface area contributed by atoms with E-state index in [1.807, 2.05) is 0 Å². The zero-order chi connectivity index (χ0) is 22.9. The minimum absolute atomic E-state index is 0.221. The summed E-state index contributed by atoms with van der Waals surface area (Å²) < 4.78 is 17.5. The molecule has 1 saturated carbocycles. The van der Waals surface area contributed by atoms with Crippen molar-refractivity contribution in [1.29, 1.82) is 0 Å². The van der Waals surface area contributed by atoms with Crippen LogP contribution in [0.25, 0.3) is 4.85 Å². The number of nitrogens with zero attached hydrogens (tertiary/aromatic N) is 2. The molecule has 1 aliphatic carbocycles. The Labute approximate surface area is 192 Å². The first-order valence-electron chi connectivity index (χ1n) is 12.0. The highest BCUT2D eigenvalue weighted by Crippen LogP contribution is 2.44. The van der Waals surface area contributed by atoms with Crippen LogP contribution in [0.4, 0.5) is 0 Å². The van der Waals surface area contributed by atoms with Gasteiger partial charge in [-0.1, -0.05) is 20.8 Å². The fourth-order valence-electron chi connectivity index (χ4n) is 5.51. The van der Waals surface area contributed by atoms with Crippen molar-refractivity contribution in [2.24, 2.45) is 11.3 Å². The second-order valence-electron chi connectivity index (χ2n) is 10.9. The summed E-state index contributed by atoms with van der Waals surface area (Å²) in [5.41, 5.74) is 2.14. The summed E-state index contributed by atoms with van der Waals surface area (Å²) in [5, 5.41) is 10.9. The first-order chi connectivity index (χ1) is 15.2. The Morgan fingerprint density at radius 3 is 2.62 bits per heavy atom. The molecule has 0 amide bonds. The van der Waals surface area contributed by atoms with Crippen molar-refractivity contribution in [3.05, 3.63) is 34.7 Å². The third kappa shape index (κ3) is 4.90. The van der Waals surface area contributed by atoms with E-state index in [1.165, 1.54) is 11.1 Å². The molecule has 1 aromatic rings. The van der Waals surface area contributed by atoms with Gasteiger partial charge in [0.25, 0.3) is 0 Å². The van der Waals surface area contributed by atoms with Gasteiger partial charge < -0.3 is 19.3 Å². The molecule has 0 unspecified atom stereocenters. The van der Waals surface area contributed by atoms with E-state index >= 15 is 0 Å². The molecule has 1 saturated heterocycles. The molecule has 0 bridgehead atoms. The standard InChI is InChI=1S/C26H38N2O4/c1-25(2,3)16-19-17-28-10-7-18-13-24(31-11-12-32-26(27-4)8-6-9-26)23(30-5)14-20(18)21(28)15-22(19)29/h13-14,19,21-22,29H,6-12,15-17H2,1-3,5H3/t19-,21-,22-/m1/s1. The molecule has 2 heterocycles. The van der Waals surface area contributed by atoms with Crippen LogP contribution in [0.5, 0.6) is 11.5 Å². The van der Waals surface area contributed by atoms with Gasteiger partial charge in [0.1, 0.15) is 6.61 Å². The summed E-state index contributed by atoms with van der Waals surface area (Å²) in [5.74, 6) is 1.78. The van der Waals surface area contributed by atoms with Crippen LogP contribution in [-0.4, -0.2) is 55.2 Å². The van der Waals surface area contributed by atoms with Crippen LogP contribution in [0, 0.1) is 17.9 Å². The average Bonchev–Trinajstić information content (AvgIpc) is 2.71. The SMILES string of the molecule is [C-]#[N+]C1(OCCOc2cc3c(cc2OC)[C@H]2C[C@@H](O)[C@H](CC(C)(C)C)CN2CC3)CCC1. The van der Waals surface area contributed by atoms with Gasteiger partial charge in [0, 0.05) is 19.1 Å².